The van der Waals surface area contributed by atoms with E-state index in [1.807, 2.05) is 43.3 Å². The average molecular weight is 358 g/mol. The first-order valence-electron chi connectivity index (χ1n) is 9.08. The third-order valence-corrected chi connectivity index (χ3v) is 4.85. The second-order valence-electron chi connectivity index (χ2n) is 6.74. The van der Waals surface area contributed by atoms with Crippen molar-refractivity contribution in [3.05, 3.63) is 77.4 Å². The maximum Gasteiger partial charge on any atom is 0.251 e. The van der Waals surface area contributed by atoms with Crippen LogP contribution in [-0.4, -0.2) is 27.4 Å². The number of H-pyrrole nitrogens is 2. The zero-order valence-corrected chi connectivity index (χ0v) is 15.5. The molecule has 0 spiro atoms. The molecule has 0 bridgehead atoms. The fraction of sp³-hybridized carbons (Fsp3) is 0.182. The highest BCUT2D eigenvalue weighted by Crippen LogP contribution is 2.22. The first-order valence-corrected chi connectivity index (χ1v) is 9.08. The number of para-hydroxylation sites is 1. The van der Waals surface area contributed by atoms with Gasteiger partial charge in [-0.15, -0.1) is 0 Å². The van der Waals surface area contributed by atoms with E-state index in [0.717, 1.165) is 34.7 Å². The van der Waals surface area contributed by atoms with Crippen LogP contribution in [-0.2, 0) is 6.42 Å². The third kappa shape index (κ3) is 3.49. The normalized spacial score (nSPS) is 11.0. The summed E-state index contributed by atoms with van der Waals surface area (Å²) in [4.78, 5) is 23.2. The van der Waals surface area contributed by atoms with Gasteiger partial charge in [-0.3, -0.25) is 4.79 Å². The molecule has 0 unspecified atom stereocenters. The summed E-state index contributed by atoms with van der Waals surface area (Å²) >= 11 is 0. The van der Waals surface area contributed by atoms with Gasteiger partial charge in [-0.05, 0) is 49.6 Å². The van der Waals surface area contributed by atoms with Gasteiger partial charge in [0.25, 0.3) is 5.91 Å². The van der Waals surface area contributed by atoms with Crippen molar-refractivity contribution in [1.29, 1.82) is 0 Å². The van der Waals surface area contributed by atoms with Gasteiger partial charge in [-0.2, -0.15) is 0 Å². The minimum atomic E-state index is -0.0557. The summed E-state index contributed by atoms with van der Waals surface area (Å²) in [5, 5.41) is 4.24. The Morgan fingerprint density at radius 2 is 1.81 bits per heavy atom. The van der Waals surface area contributed by atoms with Crippen LogP contribution in [0.25, 0.3) is 22.2 Å². The number of amides is 1. The average Bonchev–Trinajstić information content (AvgIpc) is 3.25. The summed E-state index contributed by atoms with van der Waals surface area (Å²) < 4.78 is 0. The van der Waals surface area contributed by atoms with Crippen LogP contribution < -0.4 is 5.32 Å². The van der Waals surface area contributed by atoms with Crippen LogP contribution in [0.3, 0.4) is 0 Å². The summed E-state index contributed by atoms with van der Waals surface area (Å²) in [6, 6.07) is 15.8. The van der Waals surface area contributed by atoms with Crippen molar-refractivity contribution < 1.29 is 4.79 Å². The molecule has 1 amide bonds. The number of carbonyl (C=O) groups is 1. The Morgan fingerprint density at radius 3 is 2.56 bits per heavy atom. The Kier molecular flexibility index (Phi) is 4.50. The number of fused-ring (bicyclic) bond motifs is 1. The van der Waals surface area contributed by atoms with Gasteiger partial charge in [0.2, 0.25) is 0 Å². The SMILES string of the molecule is Cc1ncc(-c2ccc(C(=O)NCCc3c(C)[nH]c4ccccc34)cc2)[nH]1. The van der Waals surface area contributed by atoms with E-state index in [2.05, 4.69) is 39.3 Å². The molecule has 4 aromatic rings. The van der Waals surface area contributed by atoms with Gasteiger partial charge < -0.3 is 15.3 Å². The molecule has 0 saturated carbocycles. The Balaban J connectivity index is 1.40. The van der Waals surface area contributed by atoms with Crippen molar-refractivity contribution in [1.82, 2.24) is 20.3 Å². The fourth-order valence-corrected chi connectivity index (χ4v) is 3.43. The van der Waals surface area contributed by atoms with Crippen LogP contribution in [0.15, 0.2) is 54.7 Å². The number of aromatic nitrogens is 3. The van der Waals surface area contributed by atoms with E-state index in [9.17, 15) is 4.79 Å². The third-order valence-electron chi connectivity index (χ3n) is 4.85. The van der Waals surface area contributed by atoms with Crippen LogP contribution in [0.5, 0.6) is 0 Å². The standard InChI is InChI=1S/C22H22N4O/c1-14-18(19-5-3-4-6-20(19)25-14)11-12-23-22(27)17-9-7-16(8-10-17)21-13-24-15(2)26-21/h3-10,13,25H,11-12H2,1-2H3,(H,23,27)(H,24,26). The molecule has 0 aliphatic carbocycles. The highest BCUT2D eigenvalue weighted by molar-refractivity contribution is 5.94. The number of nitrogens with zero attached hydrogens (tertiary/aromatic N) is 1. The Labute approximate surface area is 157 Å². The lowest BCUT2D eigenvalue weighted by molar-refractivity contribution is 0.0954. The number of hydrogen-bond acceptors (Lipinski definition) is 2. The molecular formula is C22H22N4O. The Morgan fingerprint density at radius 1 is 1.04 bits per heavy atom. The lowest BCUT2D eigenvalue weighted by Crippen LogP contribution is -2.25. The number of benzene rings is 2. The smallest absolute Gasteiger partial charge is 0.251 e. The van der Waals surface area contributed by atoms with Gasteiger partial charge in [0.15, 0.2) is 0 Å². The fourth-order valence-electron chi connectivity index (χ4n) is 3.43. The molecule has 4 rings (SSSR count). The van der Waals surface area contributed by atoms with Crippen LogP contribution in [0.4, 0.5) is 0 Å². The lowest BCUT2D eigenvalue weighted by Gasteiger charge is -2.07. The van der Waals surface area contributed by atoms with Crippen LogP contribution in [0.1, 0.15) is 27.4 Å². The zero-order chi connectivity index (χ0) is 18.8. The van der Waals surface area contributed by atoms with E-state index in [0.29, 0.717) is 12.1 Å². The largest absolute Gasteiger partial charge is 0.358 e. The van der Waals surface area contributed by atoms with Gasteiger partial charge in [0.05, 0.1) is 11.9 Å². The molecule has 136 valence electrons. The molecule has 2 heterocycles. The molecule has 0 radical (unpaired) electrons. The molecule has 27 heavy (non-hydrogen) atoms. The lowest BCUT2D eigenvalue weighted by atomic mass is 10.1. The number of imidazole rings is 1. The Bertz CT molecular complexity index is 1090. The Hall–Kier alpha value is -3.34. The predicted molar refractivity (Wildman–Crippen MR) is 108 cm³/mol. The molecule has 2 aromatic carbocycles. The van der Waals surface area contributed by atoms with Gasteiger partial charge in [-0.25, -0.2) is 4.98 Å². The molecule has 3 N–H and O–H groups in total. The van der Waals surface area contributed by atoms with Gasteiger partial charge >= 0.3 is 0 Å². The molecule has 0 saturated heterocycles. The maximum atomic E-state index is 12.4. The first kappa shape index (κ1) is 17.1. The number of carbonyl (C=O) groups excluding carboxylic acids is 1. The quantitative estimate of drug-likeness (QED) is 0.501. The topological polar surface area (TPSA) is 73.6 Å². The molecule has 5 heteroatoms. The minimum absolute atomic E-state index is 0.0557. The van der Waals surface area contributed by atoms with Crippen molar-refractivity contribution in [3.8, 4) is 11.3 Å². The molecule has 0 aliphatic rings. The zero-order valence-electron chi connectivity index (χ0n) is 15.5. The summed E-state index contributed by atoms with van der Waals surface area (Å²) in [5.41, 5.74) is 6.18. The molecule has 0 aliphatic heterocycles. The number of aryl methyl sites for hydroxylation is 2. The van der Waals surface area contributed by atoms with E-state index in [1.54, 1.807) is 6.20 Å². The number of aromatic amines is 2. The maximum absolute atomic E-state index is 12.4. The van der Waals surface area contributed by atoms with Crippen LogP contribution in [0, 0.1) is 13.8 Å². The monoisotopic (exact) mass is 358 g/mol. The highest BCUT2D eigenvalue weighted by atomic mass is 16.1. The molecule has 2 aromatic heterocycles. The van der Waals surface area contributed by atoms with E-state index in [1.165, 1.54) is 10.9 Å². The summed E-state index contributed by atoms with van der Waals surface area (Å²) in [6.45, 7) is 4.59. The molecule has 0 fully saturated rings. The van der Waals surface area contributed by atoms with Gasteiger partial charge in [0, 0.05) is 28.7 Å². The first-order chi connectivity index (χ1) is 13.1. The highest BCUT2D eigenvalue weighted by Gasteiger charge is 2.10. The predicted octanol–water partition coefficient (Wildman–Crippen LogP) is 4.15. The van der Waals surface area contributed by atoms with Crippen molar-refractivity contribution in [2.45, 2.75) is 20.3 Å². The second kappa shape index (κ2) is 7.11. The molecular weight excluding hydrogens is 336 g/mol. The van der Waals surface area contributed by atoms with Gasteiger partial charge in [0.1, 0.15) is 5.82 Å². The van der Waals surface area contributed by atoms with Crippen molar-refractivity contribution in [2.75, 3.05) is 6.54 Å². The van der Waals surface area contributed by atoms with Crippen LogP contribution in [0.2, 0.25) is 0 Å². The number of hydrogen-bond donors (Lipinski definition) is 3. The van der Waals surface area contributed by atoms with E-state index in [4.69, 9.17) is 0 Å². The van der Waals surface area contributed by atoms with Crippen molar-refractivity contribution in [3.63, 3.8) is 0 Å². The van der Waals surface area contributed by atoms with Crippen molar-refractivity contribution >= 4 is 16.8 Å². The summed E-state index contributed by atoms with van der Waals surface area (Å²) in [5.74, 6) is 0.819. The van der Waals surface area contributed by atoms with E-state index >= 15 is 0 Å². The molecule has 5 nitrogen and oxygen atoms in total. The molecule has 0 atom stereocenters. The van der Waals surface area contributed by atoms with E-state index in [-0.39, 0.29) is 5.91 Å². The summed E-state index contributed by atoms with van der Waals surface area (Å²) in [6.07, 6.45) is 2.60. The van der Waals surface area contributed by atoms with Crippen LogP contribution >= 0.6 is 0 Å². The minimum Gasteiger partial charge on any atom is -0.358 e. The number of nitrogens with one attached hydrogen (secondary N) is 3. The second-order valence-corrected chi connectivity index (χ2v) is 6.74. The number of rotatable bonds is 5. The van der Waals surface area contributed by atoms with Gasteiger partial charge in [-0.1, -0.05) is 30.3 Å². The van der Waals surface area contributed by atoms with E-state index < -0.39 is 0 Å². The summed E-state index contributed by atoms with van der Waals surface area (Å²) in [7, 11) is 0. The van der Waals surface area contributed by atoms with Crippen molar-refractivity contribution in [2.24, 2.45) is 0 Å².